The van der Waals surface area contributed by atoms with Crippen molar-refractivity contribution in [3.8, 4) is 0 Å². The van der Waals surface area contributed by atoms with Gasteiger partial charge in [0.2, 0.25) is 11.8 Å². The molecule has 0 aromatic heterocycles. The van der Waals surface area contributed by atoms with E-state index in [9.17, 15) is 19.2 Å². The Kier molecular flexibility index (Phi) is 10.8. The number of carbonyl (C=O) groups excluding carboxylic acids is 4. The number of amides is 4. The van der Waals surface area contributed by atoms with Crippen molar-refractivity contribution in [3.63, 3.8) is 0 Å². The number of hydrogen-bond acceptors (Lipinski definition) is 10. The van der Waals surface area contributed by atoms with Crippen molar-refractivity contribution in [1.82, 2.24) is 20.4 Å². The first kappa shape index (κ1) is 39.0. The topological polar surface area (TPSA) is 148 Å². The molecule has 4 aliphatic heterocycles. The van der Waals surface area contributed by atoms with Crippen LogP contribution in [-0.2, 0) is 41.5 Å². The van der Waals surface area contributed by atoms with Gasteiger partial charge in [0.25, 0.3) is 0 Å². The van der Waals surface area contributed by atoms with Crippen LogP contribution in [0, 0.1) is 22.7 Å². The SMILES string of the molecule is CCC[C@H](NC(=O)[C@@H]1C[C@@H](OC(=O)N2Cc3ccccc3C2)CN1C(=O)[C@@H](NC(=O)OCC1CN=CS1)C(C)(C)C)B1O[C@@H]2C[C@@H]3C[C@@H](C3(C)C)[C@]2(C)O1. The highest BCUT2D eigenvalue weighted by molar-refractivity contribution is 8.12. The van der Waals surface area contributed by atoms with Crippen molar-refractivity contribution < 1.29 is 38.0 Å². The fourth-order valence-electron chi connectivity index (χ4n) is 9.56. The predicted molar refractivity (Wildman–Crippen MR) is 205 cm³/mol. The highest BCUT2D eigenvalue weighted by Gasteiger charge is 2.68. The fourth-order valence-corrected chi connectivity index (χ4v) is 10.2. The lowest BCUT2D eigenvalue weighted by molar-refractivity contribution is -0.199. The third-order valence-corrected chi connectivity index (χ3v) is 13.8. The van der Waals surface area contributed by atoms with Gasteiger partial charge in [0.1, 0.15) is 24.8 Å². The number of aliphatic imine (C=N–C) groups is 1. The summed E-state index contributed by atoms with van der Waals surface area (Å²) in [6, 6.07) is 5.88. The van der Waals surface area contributed by atoms with Crippen molar-refractivity contribution in [1.29, 1.82) is 0 Å². The first-order chi connectivity index (χ1) is 25.6. The molecule has 2 saturated heterocycles. The number of carbonyl (C=O) groups is 4. The lowest BCUT2D eigenvalue weighted by atomic mass is 9.43. The van der Waals surface area contributed by atoms with E-state index in [0.29, 0.717) is 37.9 Å². The largest absolute Gasteiger partial charge is 0.481 e. The van der Waals surface area contributed by atoms with Crippen LogP contribution in [0.15, 0.2) is 29.3 Å². The Morgan fingerprint density at radius 1 is 1.07 bits per heavy atom. The van der Waals surface area contributed by atoms with Crippen LogP contribution in [0.3, 0.4) is 0 Å². The molecule has 294 valence electrons. The number of ether oxygens (including phenoxy) is 2. The molecule has 1 unspecified atom stereocenters. The summed E-state index contributed by atoms with van der Waals surface area (Å²) >= 11 is 1.50. The number of nitrogens with zero attached hydrogens (tertiary/aromatic N) is 3. The second kappa shape index (κ2) is 15.0. The summed E-state index contributed by atoms with van der Waals surface area (Å²) in [5.74, 6) is -0.314. The Morgan fingerprint density at radius 3 is 2.43 bits per heavy atom. The lowest BCUT2D eigenvalue weighted by Gasteiger charge is -2.64. The monoisotopic (exact) mass is 765 g/mol. The van der Waals surface area contributed by atoms with Crippen molar-refractivity contribution >= 4 is 48.4 Å². The van der Waals surface area contributed by atoms with Crippen LogP contribution in [-0.4, -0.2) is 107 Å². The number of hydrogen-bond donors (Lipinski definition) is 2. The molecule has 7 aliphatic rings. The zero-order chi connectivity index (χ0) is 38.6. The summed E-state index contributed by atoms with van der Waals surface area (Å²) in [6.07, 6.45) is 1.55. The Labute approximate surface area is 323 Å². The minimum Gasteiger partial charge on any atom is -0.448 e. The first-order valence-corrected chi connectivity index (χ1v) is 20.6. The summed E-state index contributed by atoms with van der Waals surface area (Å²) in [5, 5.41) is 6.03. The summed E-state index contributed by atoms with van der Waals surface area (Å²) in [4.78, 5) is 62.9. The highest BCUT2D eigenvalue weighted by Crippen LogP contribution is 2.65. The summed E-state index contributed by atoms with van der Waals surface area (Å²) in [7, 11) is -0.628. The predicted octanol–water partition coefficient (Wildman–Crippen LogP) is 4.95. The van der Waals surface area contributed by atoms with Crippen LogP contribution in [0.25, 0.3) is 0 Å². The zero-order valence-electron chi connectivity index (χ0n) is 32.7. The molecule has 2 bridgehead atoms. The van der Waals surface area contributed by atoms with Gasteiger partial charge < -0.3 is 34.3 Å². The van der Waals surface area contributed by atoms with Gasteiger partial charge in [0, 0.05) is 19.5 Å². The molecule has 2 N–H and O–H groups in total. The fraction of sp³-hybridized carbons (Fsp3) is 0.718. The molecule has 1 aromatic rings. The van der Waals surface area contributed by atoms with Crippen LogP contribution in [0.5, 0.6) is 0 Å². The smallest absolute Gasteiger partial charge is 0.448 e. The molecule has 8 rings (SSSR count). The molecular weight excluding hydrogens is 709 g/mol. The number of benzene rings is 1. The van der Waals surface area contributed by atoms with Gasteiger partial charge in [-0.05, 0) is 60.0 Å². The third kappa shape index (κ3) is 7.48. The van der Waals surface area contributed by atoms with Gasteiger partial charge >= 0.3 is 19.3 Å². The Balaban J connectivity index is 1.07. The van der Waals surface area contributed by atoms with Gasteiger partial charge in [-0.15, -0.1) is 11.8 Å². The molecule has 15 heteroatoms. The van der Waals surface area contributed by atoms with E-state index in [0.717, 1.165) is 30.4 Å². The molecule has 54 heavy (non-hydrogen) atoms. The zero-order valence-corrected chi connectivity index (χ0v) is 33.5. The first-order valence-electron chi connectivity index (χ1n) is 19.6. The van der Waals surface area contributed by atoms with Crippen molar-refractivity contribution in [2.24, 2.45) is 27.7 Å². The Hall–Kier alpha value is -3.30. The van der Waals surface area contributed by atoms with Gasteiger partial charge in [-0.25, -0.2) is 9.59 Å². The maximum absolute atomic E-state index is 14.6. The second-order valence-corrected chi connectivity index (χ2v) is 19.0. The molecule has 1 aromatic carbocycles. The van der Waals surface area contributed by atoms with Gasteiger partial charge in [-0.1, -0.05) is 72.2 Å². The quantitative estimate of drug-likeness (QED) is 0.316. The molecule has 3 aliphatic carbocycles. The van der Waals surface area contributed by atoms with E-state index in [1.165, 1.54) is 16.7 Å². The van der Waals surface area contributed by atoms with E-state index < -0.39 is 60.4 Å². The molecule has 9 atom stereocenters. The highest BCUT2D eigenvalue weighted by atomic mass is 32.2. The number of thioether (sulfide) groups is 1. The van der Waals surface area contributed by atoms with Gasteiger partial charge in [0.15, 0.2) is 0 Å². The maximum atomic E-state index is 14.6. The lowest BCUT2D eigenvalue weighted by Crippen LogP contribution is -2.65. The molecule has 4 heterocycles. The number of alkyl carbamates (subject to hydrolysis) is 1. The molecular formula is C39H56BN5O8S. The van der Waals surface area contributed by atoms with Crippen LogP contribution in [0.4, 0.5) is 9.59 Å². The number of likely N-dealkylation sites (tertiary alicyclic amines) is 1. The van der Waals surface area contributed by atoms with E-state index in [4.69, 9.17) is 18.8 Å². The molecule has 0 spiro atoms. The van der Waals surface area contributed by atoms with Gasteiger partial charge in [0.05, 0.1) is 41.5 Å². The van der Waals surface area contributed by atoms with E-state index >= 15 is 0 Å². The minimum atomic E-state index is -1.03. The van der Waals surface area contributed by atoms with Crippen molar-refractivity contribution in [2.45, 2.75) is 135 Å². The standard InChI is InChI=1S/C39H56BN5O8S/c1-8-11-31(40-52-30-15-25-14-29(38(25,5)6)39(30,7)53-40)42-33(46)28-16-26(51-36(49)44-18-23-12-9-10-13-24(23)19-44)20-45(28)34(47)32(37(2,3)4)43-35(48)50-21-27-17-41-22-54-27/h9-10,12-13,22,25-32H,8,11,14-21H2,1-7H3,(H,42,46)(H,43,48)/t25-,26+,27?,28-,29-,30+,31-,32+,39-/m0/s1. The van der Waals surface area contributed by atoms with Crippen molar-refractivity contribution in [3.05, 3.63) is 35.4 Å². The van der Waals surface area contributed by atoms with Crippen LogP contribution in [0.1, 0.15) is 91.7 Å². The van der Waals surface area contributed by atoms with Crippen molar-refractivity contribution in [2.75, 3.05) is 19.7 Å². The molecule has 3 saturated carbocycles. The average Bonchev–Trinajstić information content (AvgIpc) is 3.93. The molecule has 5 fully saturated rings. The second-order valence-electron chi connectivity index (χ2n) is 17.9. The minimum absolute atomic E-state index is 0.00399. The Morgan fingerprint density at radius 2 is 1.80 bits per heavy atom. The maximum Gasteiger partial charge on any atom is 0.481 e. The van der Waals surface area contributed by atoms with E-state index in [1.807, 2.05) is 45.0 Å². The summed E-state index contributed by atoms with van der Waals surface area (Å²) in [5.41, 5.74) is 2.86. The summed E-state index contributed by atoms with van der Waals surface area (Å²) < 4.78 is 24.9. The normalized spacial score (nSPS) is 31.6. The molecule has 0 radical (unpaired) electrons. The van der Waals surface area contributed by atoms with Crippen LogP contribution in [0.2, 0.25) is 0 Å². The van der Waals surface area contributed by atoms with E-state index in [-0.39, 0.29) is 42.2 Å². The number of fused-ring (bicyclic) bond motifs is 1. The van der Waals surface area contributed by atoms with E-state index in [1.54, 1.807) is 10.4 Å². The van der Waals surface area contributed by atoms with Crippen LogP contribution < -0.4 is 10.6 Å². The molecule has 13 nitrogen and oxygen atoms in total. The average molecular weight is 766 g/mol. The van der Waals surface area contributed by atoms with Gasteiger partial charge in [-0.2, -0.15) is 0 Å². The molecule has 4 amide bonds. The van der Waals surface area contributed by atoms with Crippen LogP contribution >= 0.6 is 11.8 Å². The third-order valence-electron chi connectivity index (χ3n) is 12.9. The number of rotatable bonds is 10. The number of nitrogens with one attached hydrogen (secondary N) is 2. The van der Waals surface area contributed by atoms with Gasteiger partial charge in [-0.3, -0.25) is 19.5 Å². The Bertz CT molecular complexity index is 1620. The summed E-state index contributed by atoms with van der Waals surface area (Å²) in [6.45, 7) is 15.9. The van der Waals surface area contributed by atoms with E-state index in [2.05, 4.69) is 43.3 Å².